The Morgan fingerprint density at radius 3 is 0.447 bits per heavy atom. The highest BCUT2D eigenvalue weighted by Gasteiger charge is 2.07. The fraction of sp³-hybridized carbons (Fsp3) is 0.750. The minimum absolute atomic E-state index is 0.0444. The largest absolute Gasteiger partial charge is 0.461 e. The SMILES string of the molecule is CCCCCCCCCCCCCCCC(=O)OC/C=C(\C)CC/C=C(\C)CC/C=C(\C)CCC=C(C)C.CCCCCCCCCCCCCCCC(=O)OC/C=C(\C)CC/C=C(\C)CC/C=C(\C)CCC=C(C)C.CCCCCCCCCCCCCCCC(=O)OC/C=C(\C)CC/C=C(\C)CC/C=C(\C)CCC=C(C)C. The van der Waals surface area contributed by atoms with E-state index in [0.29, 0.717) is 39.1 Å². The first-order valence-electron chi connectivity index (χ1n) is 48.3. The van der Waals surface area contributed by atoms with Crippen molar-refractivity contribution in [1.82, 2.24) is 0 Å². The van der Waals surface area contributed by atoms with Crippen molar-refractivity contribution in [3.63, 3.8) is 0 Å². The quantitative estimate of drug-likeness (QED) is 0.0261. The molecule has 0 rings (SSSR count). The summed E-state index contributed by atoms with van der Waals surface area (Å²) in [5.74, 6) is -0.133. The first kappa shape index (κ1) is 113. The molecule has 0 aromatic heterocycles. The summed E-state index contributed by atoms with van der Waals surface area (Å²) in [6.45, 7) is 41.0. The Morgan fingerprint density at radius 2 is 0.298 bits per heavy atom. The number of esters is 3. The lowest BCUT2D eigenvalue weighted by molar-refractivity contribution is -0.143. The van der Waals surface area contributed by atoms with Crippen molar-refractivity contribution in [1.29, 1.82) is 0 Å². The van der Waals surface area contributed by atoms with Gasteiger partial charge in [-0.2, -0.15) is 0 Å². The van der Waals surface area contributed by atoms with E-state index in [2.05, 4.69) is 198 Å². The predicted molar refractivity (Wildman–Crippen MR) is 509 cm³/mol. The highest BCUT2D eigenvalue weighted by molar-refractivity contribution is 5.70. The van der Waals surface area contributed by atoms with Crippen LogP contribution in [-0.2, 0) is 28.6 Å². The molecule has 0 bridgehead atoms. The van der Waals surface area contributed by atoms with Gasteiger partial charge in [0.15, 0.2) is 0 Å². The molecule has 0 saturated carbocycles. The third kappa shape index (κ3) is 96.1. The highest BCUT2D eigenvalue weighted by atomic mass is 16.5. The molecule has 660 valence electrons. The molecule has 0 aliphatic rings. The first-order valence-corrected chi connectivity index (χ1v) is 48.3. The van der Waals surface area contributed by atoms with Crippen molar-refractivity contribution in [2.45, 2.75) is 510 Å². The van der Waals surface area contributed by atoms with Gasteiger partial charge in [0, 0.05) is 19.3 Å². The van der Waals surface area contributed by atoms with Crippen LogP contribution in [0, 0.1) is 0 Å². The van der Waals surface area contributed by atoms with E-state index in [1.54, 1.807) is 0 Å². The van der Waals surface area contributed by atoms with Gasteiger partial charge in [-0.05, 0) is 257 Å². The predicted octanol–water partition coefficient (Wildman–Crippen LogP) is 36.5. The summed E-state index contributed by atoms with van der Waals surface area (Å²) in [5.41, 5.74) is 17.0. The van der Waals surface area contributed by atoms with Gasteiger partial charge in [0.2, 0.25) is 0 Å². The monoisotopic (exact) mass is 1590 g/mol. The van der Waals surface area contributed by atoms with Crippen LogP contribution in [0.15, 0.2) is 140 Å². The molecule has 0 amide bonds. The Kier molecular flexibility index (Phi) is 88.6. The molecule has 6 heteroatoms. The maximum absolute atomic E-state index is 12.0. The van der Waals surface area contributed by atoms with Gasteiger partial charge in [-0.3, -0.25) is 14.4 Å². The van der Waals surface area contributed by atoms with E-state index < -0.39 is 0 Å². The van der Waals surface area contributed by atoms with Crippen LogP contribution in [-0.4, -0.2) is 37.7 Å². The van der Waals surface area contributed by atoms with Gasteiger partial charge in [0.25, 0.3) is 0 Å². The molecule has 0 aromatic rings. The maximum atomic E-state index is 12.0. The molecule has 114 heavy (non-hydrogen) atoms. The average Bonchev–Trinajstić information content (AvgIpc) is 1.01. The second kappa shape index (κ2) is 89.1. The Hall–Kier alpha value is -4.71. The van der Waals surface area contributed by atoms with Crippen molar-refractivity contribution < 1.29 is 28.6 Å². The van der Waals surface area contributed by atoms with E-state index in [4.69, 9.17) is 14.2 Å². The lowest BCUT2D eigenvalue weighted by Gasteiger charge is -2.05. The van der Waals surface area contributed by atoms with Crippen molar-refractivity contribution >= 4 is 17.9 Å². The first-order chi connectivity index (χ1) is 55.0. The molecule has 0 radical (unpaired) electrons. The molecule has 0 aliphatic carbocycles. The molecule has 6 nitrogen and oxygen atoms in total. The summed E-state index contributed by atoms with van der Waals surface area (Å²) in [6, 6.07) is 0. The van der Waals surface area contributed by atoms with Gasteiger partial charge < -0.3 is 14.2 Å². The van der Waals surface area contributed by atoms with Crippen molar-refractivity contribution in [3.05, 3.63) is 140 Å². The van der Waals surface area contributed by atoms with Gasteiger partial charge in [-0.15, -0.1) is 0 Å². The lowest BCUT2D eigenvalue weighted by Crippen LogP contribution is -2.04. The van der Waals surface area contributed by atoms with Gasteiger partial charge in [0.05, 0.1) is 0 Å². The van der Waals surface area contributed by atoms with E-state index in [1.165, 1.54) is 298 Å². The maximum Gasteiger partial charge on any atom is 0.306 e. The van der Waals surface area contributed by atoms with E-state index in [1.807, 2.05) is 0 Å². The average molecular weight is 1590 g/mol. The van der Waals surface area contributed by atoms with Gasteiger partial charge in [-0.25, -0.2) is 0 Å². The highest BCUT2D eigenvalue weighted by Crippen LogP contribution is 2.21. The Bertz CT molecular complexity index is 2350. The molecule has 0 saturated heterocycles. The number of hydrogen-bond donors (Lipinski definition) is 0. The zero-order chi connectivity index (χ0) is 84.8. The Balaban J connectivity index is -0.00000162. The van der Waals surface area contributed by atoms with E-state index >= 15 is 0 Å². The fourth-order valence-corrected chi connectivity index (χ4v) is 13.9. The minimum atomic E-state index is -0.0444. The van der Waals surface area contributed by atoms with Crippen molar-refractivity contribution in [2.75, 3.05) is 19.8 Å². The summed E-state index contributed by atoms with van der Waals surface area (Å²) in [5, 5.41) is 0. The normalized spacial score (nSPS) is 12.6. The number of carbonyl (C=O) groups is 3. The summed E-state index contributed by atoms with van der Waals surface area (Å²) in [7, 11) is 0. The van der Waals surface area contributed by atoms with Crippen molar-refractivity contribution in [2.24, 2.45) is 0 Å². The molecular formula is C108H192O6. The van der Waals surface area contributed by atoms with Gasteiger partial charge >= 0.3 is 17.9 Å². The van der Waals surface area contributed by atoms with Crippen LogP contribution in [0.1, 0.15) is 510 Å². The second-order valence-corrected chi connectivity index (χ2v) is 35.2. The molecule has 0 unspecified atom stereocenters. The molecular weight excluding hydrogens is 1390 g/mol. The van der Waals surface area contributed by atoms with Crippen LogP contribution < -0.4 is 0 Å². The van der Waals surface area contributed by atoms with Crippen molar-refractivity contribution in [3.8, 4) is 0 Å². The smallest absolute Gasteiger partial charge is 0.306 e. The van der Waals surface area contributed by atoms with Gasteiger partial charge in [0.1, 0.15) is 19.8 Å². The van der Waals surface area contributed by atoms with E-state index in [9.17, 15) is 14.4 Å². The molecule has 0 heterocycles. The molecule has 0 N–H and O–H groups in total. The molecule has 0 fully saturated rings. The number of unbranched alkanes of at least 4 members (excludes halogenated alkanes) is 36. The van der Waals surface area contributed by atoms with Crippen LogP contribution >= 0.6 is 0 Å². The Labute approximate surface area is 711 Å². The number of carbonyl (C=O) groups excluding carboxylic acids is 3. The fourth-order valence-electron chi connectivity index (χ4n) is 13.9. The third-order valence-corrected chi connectivity index (χ3v) is 21.9. The molecule has 0 spiro atoms. The molecule has 0 atom stereocenters. The summed E-state index contributed by atoms with van der Waals surface area (Å²) in [6.07, 6.45) is 101. The summed E-state index contributed by atoms with van der Waals surface area (Å²) < 4.78 is 16.3. The van der Waals surface area contributed by atoms with Crippen LogP contribution in [0.5, 0.6) is 0 Å². The number of hydrogen-bond acceptors (Lipinski definition) is 6. The zero-order valence-corrected chi connectivity index (χ0v) is 79.4. The molecule has 0 aliphatic heterocycles. The van der Waals surface area contributed by atoms with E-state index in [-0.39, 0.29) is 17.9 Å². The second-order valence-electron chi connectivity index (χ2n) is 35.2. The summed E-state index contributed by atoms with van der Waals surface area (Å²) >= 11 is 0. The molecule has 0 aromatic carbocycles. The van der Waals surface area contributed by atoms with Crippen LogP contribution in [0.2, 0.25) is 0 Å². The van der Waals surface area contributed by atoms with Gasteiger partial charge in [-0.1, -0.05) is 373 Å². The number of ether oxygens (including phenoxy) is 3. The number of allylic oxidation sites excluding steroid dienone is 21. The number of rotatable bonds is 75. The Morgan fingerprint density at radius 1 is 0.167 bits per heavy atom. The third-order valence-electron chi connectivity index (χ3n) is 21.9. The minimum Gasteiger partial charge on any atom is -0.461 e. The van der Waals surface area contributed by atoms with E-state index in [0.717, 1.165) is 135 Å². The topological polar surface area (TPSA) is 78.9 Å². The lowest BCUT2D eigenvalue weighted by atomic mass is 10.0. The van der Waals surface area contributed by atoms with Crippen LogP contribution in [0.4, 0.5) is 0 Å². The standard InChI is InChI=1S/3C36H64O2/c3*1-7-8-9-10-11-12-13-14-15-16-17-18-19-29-36(37)38-31-30-35(6)28-22-27-34(5)26-21-25-33(4)24-20-23-32(2)3/h3*23,25,27,30H,7-22,24,26,28-29,31H2,1-6H3/b3*33-25+,34-27+,35-30+. The summed E-state index contributed by atoms with van der Waals surface area (Å²) in [4.78, 5) is 36.0. The van der Waals surface area contributed by atoms with Crippen LogP contribution in [0.25, 0.3) is 0 Å². The zero-order valence-electron chi connectivity index (χ0n) is 79.4. The van der Waals surface area contributed by atoms with Crippen LogP contribution in [0.3, 0.4) is 0 Å².